The maximum atomic E-state index is 11.8. The van der Waals surface area contributed by atoms with Crippen molar-refractivity contribution in [3.63, 3.8) is 0 Å². The fourth-order valence-corrected chi connectivity index (χ4v) is 1.64. The summed E-state index contributed by atoms with van der Waals surface area (Å²) in [5.74, 6) is -0.104. The topological polar surface area (TPSA) is 73.6 Å². The van der Waals surface area contributed by atoms with Gasteiger partial charge in [-0.2, -0.15) is 0 Å². The monoisotopic (exact) mass is 242 g/mol. The minimum atomic E-state index is -0.765. The van der Waals surface area contributed by atoms with E-state index in [1.807, 2.05) is 0 Å². The fourth-order valence-electron chi connectivity index (χ4n) is 1.64. The van der Waals surface area contributed by atoms with Gasteiger partial charge in [-0.15, -0.1) is 6.58 Å². The van der Waals surface area contributed by atoms with Crippen molar-refractivity contribution in [2.45, 2.75) is 24.8 Å². The molecular weight excluding hydrogens is 220 g/mol. The molecule has 0 bridgehead atoms. The Balaban J connectivity index is 2.13. The molecule has 1 aliphatic rings. The molecule has 0 aromatic rings. The standard InChI is InChI=1S/C12H22N2O3/c1-2-3-7-16-10-6-14-11(15)12(13)4-8-17-9-5-12/h2H,1,3-10,13H2,(H,14,15). The maximum Gasteiger partial charge on any atom is 0.240 e. The first-order valence-corrected chi connectivity index (χ1v) is 6.02. The molecule has 0 radical (unpaired) electrons. The number of carbonyl (C=O) groups excluding carboxylic acids is 1. The van der Waals surface area contributed by atoms with Gasteiger partial charge in [-0.3, -0.25) is 4.79 Å². The van der Waals surface area contributed by atoms with Gasteiger partial charge in [0.1, 0.15) is 0 Å². The van der Waals surface area contributed by atoms with E-state index in [0.29, 0.717) is 45.8 Å². The second kappa shape index (κ2) is 7.42. The van der Waals surface area contributed by atoms with E-state index in [2.05, 4.69) is 11.9 Å². The predicted octanol–water partition coefficient (Wildman–Crippen LogP) is 0.203. The first kappa shape index (κ1) is 14.2. The molecule has 0 spiro atoms. The van der Waals surface area contributed by atoms with Crippen LogP contribution in [0.1, 0.15) is 19.3 Å². The average Bonchev–Trinajstić information content (AvgIpc) is 2.34. The zero-order valence-electron chi connectivity index (χ0n) is 10.2. The van der Waals surface area contributed by atoms with E-state index in [-0.39, 0.29) is 5.91 Å². The van der Waals surface area contributed by atoms with Gasteiger partial charge in [0.15, 0.2) is 0 Å². The predicted molar refractivity (Wildman–Crippen MR) is 65.6 cm³/mol. The van der Waals surface area contributed by atoms with Crippen molar-refractivity contribution >= 4 is 5.91 Å². The molecule has 98 valence electrons. The molecule has 0 aliphatic carbocycles. The Bertz CT molecular complexity index is 250. The Morgan fingerprint density at radius 2 is 2.18 bits per heavy atom. The molecule has 0 unspecified atom stereocenters. The quantitative estimate of drug-likeness (QED) is 0.494. The largest absolute Gasteiger partial charge is 0.381 e. The lowest BCUT2D eigenvalue weighted by molar-refractivity contribution is -0.130. The highest BCUT2D eigenvalue weighted by molar-refractivity contribution is 5.86. The normalized spacial score (nSPS) is 18.6. The summed E-state index contributed by atoms with van der Waals surface area (Å²) < 4.78 is 10.5. The molecule has 1 rings (SSSR count). The Hall–Kier alpha value is -0.910. The van der Waals surface area contributed by atoms with Gasteiger partial charge in [-0.1, -0.05) is 6.08 Å². The number of hydrogen-bond donors (Lipinski definition) is 2. The van der Waals surface area contributed by atoms with Crippen LogP contribution in [0.2, 0.25) is 0 Å². The van der Waals surface area contributed by atoms with Crippen molar-refractivity contribution in [1.82, 2.24) is 5.32 Å². The highest BCUT2D eigenvalue weighted by Gasteiger charge is 2.35. The molecule has 5 heteroatoms. The Kier molecular flexibility index (Phi) is 6.18. The van der Waals surface area contributed by atoms with Crippen LogP contribution >= 0.6 is 0 Å². The molecule has 0 saturated carbocycles. The summed E-state index contributed by atoms with van der Waals surface area (Å²) in [6, 6.07) is 0. The van der Waals surface area contributed by atoms with E-state index in [1.54, 1.807) is 6.08 Å². The van der Waals surface area contributed by atoms with Gasteiger partial charge in [0.05, 0.1) is 18.8 Å². The minimum Gasteiger partial charge on any atom is -0.381 e. The van der Waals surface area contributed by atoms with Crippen LogP contribution in [0.3, 0.4) is 0 Å². The zero-order chi connectivity index (χ0) is 12.6. The number of hydrogen-bond acceptors (Lipinski definition) is 4. The lowest BCUT2D eigenvalue weighted by Gasteiger charge is -2.31. The van der Waals surface area contributed by atoms with Crippen LogP contribution in [-0.4, -0.2) is 44.4 Å². The van der Waals surface area contributed by atoms with E-state index in [0.717, 1.165) is 6.42 Å². The van der Waals surface area contributed by atoms with Crippen LogP contribution in [-0.2, 0) is 14.3 Å². The molecule has 1 saturated heterocycles. The zero-order valence-corrected chi connectivity index (χ0v) is 10.2. The number of amides is 1. The number of rotatable bonds is 7. The Morgan fingerprint density at radius 3 is 2.82 bits per heavy atom. The minimum absolute atomic E-state index is 0.104. The summed E-state index contributed by atoms with van der Waals surface area (Å²) in [7, 11) is 0. The number of ether oxygens (including phenoxy) is 2. The lowest BCUT2D eigenvalue weighted by Crippen LogP contribution is -2.57. The van der Waals surface area contributed by atoms with E-state index in [4.69, 9.17) is 15.2 Å². The van der Waals surface area contributed by atoms with Crippen molar-refractivity contribution in [2.24, 2.45) is 5.73 Å². The van der Waals surface area contributed by atoms with Crippen LogP contribution < -0.4 is 11.1 Å². The molecule has 1 fully saturated rings. The van der Waals surface area contributed by atoms with Crippen LogP contribution in [0.15, 0.2) is 12.7 Å². The van der Waals surface area contributed by atoms with Crippen LogP contribution in [0.5, 0.6) is 0 Å². The molecule has 1 amide bonds. The second-order valence-corrected chi connectivity index (χ2v) is 4.21. The smallest absolute Gasteiger partial charge is 0.240 e. The highest BCUT2D eigenvalue weighted by atomic mass is 16.5. The third kappa shape index (κ3) is 4.85. The number of nitrogens with one attached hydrogen (secondary N) is 1. The molecule has 0 aromatic heterocycles. The van der Waals surface area contributed by atoms with E-state index in [1.165, 1.54) is 0 Å². The summed E-state index contributed by atoms with van der Waals surface area (Å²) in [6.07, 6.45) is 3.79. The van der Waals surface area contributed by atoms with Crippen LogP contribution in [0.25, 0.3) is 0 Å². The summed E-state index contributed by atoms with van der Waals surface area (Å²) in [6.45, 7) is 6.35. The Labute approximate surface area is 102 Å². The third-order valence-electron chi connectivity index (χ3n) is 2.84. The third-order valence-corrected chi connectivity index (χ3v) is 2.84. The van der Waals surface area contributed by atoms with Crippen LogP contribution in [0.4, 0.5) is 0 Å². The Morgan fingerprint density at radius 1 is 1.47 bits per heavy atom. The lowest BCUT2D eigenvalue weighted by atomic mass is 9.90. The highest BCUT2D eigenvalue weighted by Crippen LogP contribution is 2.17. The molecular formula is C12H22N2O3. The fraction of sp³-hybridized carbons (Fsp3) is 0.750. The molecule has 1 heterocycles. The average molecular weight is 242 g/mol. The van der Waals surface area contributed by atoms with Gasteiger partial charge in [-0.25, -0.2) is 0 Å². The molecule has 0 aromatic carbocycles. The van der Waals surface area contributed by atoms with E-state index >= 15 is 0 Å². The second-order valence-electron chi connectivity index (χ2n) is 4.21. The first-order chi connectivity index (χ1) is 8.19. The number of carbonyl (C=O) groups is 1. The molecule has 1 aliphatic heterocycles. The van der Waals surface area contributed by atoms with Crippen molar-refractivity contribution in [3.8, 4) is 0 Å². The first-order valence-electron chi connectivity index (χ1n) is 6.02. The summed E-state index contributed by atoms with van der Waals surface area (Å²) in [5.41, 5.74) is 5.25. The van der Waals surface area contributed by atoms with E-state index < -0.39 is 5.54 Å². The van der Waals surface area contributed by atoms with Crippen molar-refractivity contribution in [2.75, 3.05) is 33.0 Å². The van der Waals surface area contributed by atoms with Gasteiger partial charge in [-0.05, 0) is 19.3 Å². The molecule has 5 nitrogen and oxygen atoms in total. The van der Waals surface area contributed by atoms with Crippen molar-refractivity contribution in [3.05, 3.63) is 12.7 Å². The van der Waals surface area contributed by atoms with E-state index in [9.17, 15) is 4.79 Å². The molecule has 3 N–H and O–H groups in total. The van der Waals surface area contributed by atoms with Gasteiger partial charge in [0.25, 0.3) is 0 Å². The van der Waals surface area contributed by atoms with Crippen LogP contribution in [0, 0.1) is 0 Å². The summed E-state index contributed by atoms with van der Waals surface area (Å²) in [5, 5.41) is 2.80. The maximum absolute atomic E-state index is 11.8. The molecule has 0 atom stereocenters. The summed E-state index contributed by atoms with van der Waals surface area (Å²) in [4.78, 5) is 11.8. The van der Waals surface area contributed by atoms with Gasteiger partial charge < -0.3 is 20.5 Å². The molecule has 17 heavy (non-hydrogen) atoms. The van der Waals surface area contributed by atoms with Gasteiger partial charge in [0.2, 0.25) is 5.91 Å². The van der Waals surface area contributed by atoms with Crippen molar-refractivity contribution < 1.29 is 14.3 Å². The van der Waals surface area contributed by atoms with Crippen molar-refractivity contribution in [1.29, 1.82) is 0 Å². The van der Waals surface area contributed by atoms with Gasteiger partial charge >= 0.3 is 0 Å². The summed E-state index contributed by atoms with van der Waals surface area (Å²) >= 11 is 0. The number of nitrogens with two attached hydrogens (primary N) is 1. The van der Waals surface area contributed by atoms with Gasteiger partial charge in [0, 0.05) is 19.8 Å². The SMILES string of the molecule is C=CCCOCCNC(=O)C1(N)CCOCC1.